The van der Waals surface area contributed by atoms with E-state index in [0.29, 0.717) is 6.61 Å². The highest BCUT2D eigenvalue weighted by atomic mass is 19.1. The molecule has 3 heteroatoms. The summed E-state index contributed by atoms with van der Waals surface area (Å²) in [6.45, 7) is 9.83. The molecule has 0 aliphatic rings. The molecule has 0 bridgehead atoms. The van der Waals surface area contributed by atoms with Gasteiger partial charge < -0.3 is 10.1 Å². The van der Waals surface area contributed by atoms with Crippen LogP contribution in [-0.2, 0) is 4.74 Å². The van der Waals surface area contributed by atoms with Crippen LogP contribution in [0.3, 0.4) is 0 Å². The molecular formula is C16H26FNO. The van der Waals surface area contributed by atoms with Gasteiger partial charge >= 0.3 is 0 Å². The molecule has 108 valence electrons. The number of rotatable bonds is 6. The lowest BCUT2D eigenvalue weighted by Gasteiger charge is -2.29. The van der Waals surface area contributed by atoms with Crippen molar-refractivity contribution in [3.63, 3.8) is 0 Å². The third-order valence-electron chi connectivity index (χ3n) is 3.27. The monoisotopic (exact) mass is 267 g/mol. The zero-order valence-corrected chi connectivity index (χ0v) is 12.7. The van der Waals surface area contributed by atoms with Crippen molar-refractivity contribution in [2.75, 3.05) is 20.3 Å². The molecule has 0 aromatic heterocycles. The number of halogens is 1. The zero-order chi connectivity index (χ0) is 14.5. The highest BCUT2D eigenvalue weighted by Crippen LogP contribution is 2.27. The van der Waals surface area contributed by atoms with Gasteiger partial charge in [-0.05, 0) is 38.3 Å². The number of ether oxygens (including phenoxy) is 1. The number of hydrogen-bond acceptors (Lipinski definition) is 2. The second kappa shape index (κ2) is 7.01. The Morgan fingerprint density at radius 3 is 2.42 bits per heavy atom. The van der Waals surface area contributed by atoms with Crippen molar-refractivity contribution in [1.82, 2.24) is 5.32 Å². The van der Waals surface area contributed by atoms with Crippen LogP contribution in [0.4, 0.5) is 4.39 Å². The van der Waals surface area contributed by atoms with E-state index < -0.39 is 0 Å². The van der Waals surface area contributed by atoms with Crippen LogP contribution in [-0.4, -0.2) is 25.8 Å². The van der Waals surface area contributed by atoms with Gasteiger partial charge in [0.1, 0.15) is 5.82 Å². The van der Waals surface area contributed by atoms with E-state index in [4.69, 9.17) is 4.74 Å². The maximum atomic E-state index is 14.0. The fraction of sp³-hybridized carbons (Fsp3) is 0.625. The van der Waals surface area contributed by atoms with E-state index >= 15 is 0 Å². The number of nitrogens with one attached hydrogen (secondary N) is 1. The predicted molar refractivity (Wildman–Crippen MR) is 77.9 cm³/mol. The minimum Gasteiger partial charge on any atom is -0.384 e. The molecule has 0 spiro atoms. The summed E-state index contributed by atoms with van der Waals surface area (Å²) in [5, 5.41) is 3.46. The number of benzene rings is 1. The summed E-state index contributed by atoms with van der Waals surface area (Å²) in [6, 6.07) is 7.02. The van der Waals surface area contributed by atoms with E-state index in [1.165, 1.54) is 6.07 Å². The van der Waals surface area contributed by atoms with E-state index in [-0.39, 0.29) is 23.2 Å². The summed E-state index contributed by atoms with van der Waals surface area (Å²) in [5.74, 6) is 0.239. The first-order chi connectivity index (χ1) is 8.85. The molecule has 2 nitrogen and oxygen atoms in total. The van der Waals surface area contributed by atoms with E-state index in [1.807, 2.05) is 12.1 Å². The molecule has 0 radical (unpaired) electrons. The fourth-order valence-corrected chi connectivity index (χ4v) is 2.19. The van der Waals surface area contributed by atoms with Gasteiger partial charge in [-0.3, -0.25) is 0 Å². The first kappa shape index (κ1) is 16.1. The molecule has 2 atom stereocenters. The van der Waals surface area contributed by atoms with Crippen molar-refractivity contribution in [2.45, 2.75) is 39.2 Å². The van der Waals surface area contributed by atoms with Gasteiger partial charge in [-0.15, -0.1) is 0 Å². The molecule has 0 aliphatic carbocycles. The van der Waals surface area contributed by atoms with E-state index in [2.05, 4.69) is 33.0 Å². The molecule has 1 N–H and O–H groups in total. The van der Waals surface area contributed by atoms with E-state index in [9.17, 15) is 4.39 Å². The molecule has 1 aromatic rings. The Morgan fingerprint density at radius 2 is 1.89 bits per heavy atom. The Labute approximate surface area is 116 Å². The normalized spacial score (nSPS) is 15.3. The first-order valence-electron chi connectivity index (χ1n) is 6.83. The van der Waals surface area contributed by atoms with E-state index in [1.54, 1.807) is 13.2 Å². The van der Waals surface area contributed by atoms with Crippen molar-refractivity contribution in [3.8, 4) is 0 Å². The third kappa shape index (κ3) is 5.29. The average Bonchev–Trinajstić information content (AvgIpc) is 2.30. The molecule has 0 saturated heterocycles. The highest BCUT2D eigenvalue weighted by Gasteiger charge is 2.23. The Hall–Kier alpha value is -0.930. The minimum absolute atomic E-state index is 0.0241. The van der Waals surface area contributed by atoms with Crippen LogP contribution in [0.1, 0.15) is 39.2 Å². The largest absolute Gasteiger partial charge is 0.384 e. The average molecular weight is 267 g/mol. The molecule has 0 saturated carbocycles. The van der Waals surface area contributed by atoms with Gasteiger partial charge in [0.25, 0.3) is 0 Å². The second-order valence-electron chi connectivity index (χ2n) is 6.19. The number of hydrogen-bond donors (Lipinski definition) is 1. The highest BCUT2D eigenvalue weighted by molar-refractivity contribution is 5.23. The predicted octanol–water partition coefficient (Wildman–Crippen LogP) is 3.58. The van der Waals surface area contributed by atoms with Crippen LogP contribution in [0, 0.1) is 11.7 Å². The van der Waals surface area contributed by atoms with Gasteiger partial charge in [0.05, 0.1) is 0 Å². The maximum Gasteiger partial charge on any atom is 0.126 e. The summed E-state index contributed by atoms with van der Waals surface area (Å²) < 4.78 is 19.2. The van der Waals surface area contributed by atoms with Crippen LogP contribution >= 0.6 is 0 Å². The summed E-state index contributed by atoms with van der Waals surface area (Å²) in [7, 11) is 1.69. The smallest absolute Gasteiger partial charge is 0.126 e. The molecular weight excluding hydrogens is 241 g/mol. The van der Waals surface area contributed by atoms with Gasteiger partial charge in [0.2, 0.25) is 0 Å². The molecule has 2 unspecified atom stereocenters. The standard InChI is InChI=1S/C16H26FNO/c1-12(11-19-5)14(10-18-16(2,3)4)13-8-6-7-9-15(13)17/h6-9,12,14,18H,10-11H2,1-5H3. The van der Waals surface area contributed by atoms with Gasteiger partial charge in [-0.2, -0.15) is 0 Å². The van der Waals surface area contributed by atoms with Crippen molar-refractivity contribution in [2.24, 2.45) is 5.92 Å². The third-order valence-corrected chi connectivity index (χ3v) is 3.27. The van der Waals surface area contributed by atoms with Gasteiger partial charge in [-0.25, -0.2) is 4.39 Å². The summed E-state index contributed by atoms with van der Waals surface area (Å²) >= 11 is 0. The van der Waals surface area contributed by atoms with E-state index in [0.717, 1.165) is 12.1 Å². The van der Waals surface area contributed by atoms with Crippen LogP contribution in [0.25, 0.3) is 0 Å². The molecule has 0 fully saturated rings. The minimum atomic E-state index is -0.133. The van der Waals surface area contributed by atoms with Crippen molar-refractivity contribution >= 4 is 0 Å². The van der Waals surface area contributed by atoms with Crippen LogP contribution in [0.2, 0.25) is 0 Å². The van der Waals surface area contributed by atoms with Crippen molar-refractivity contribution < 1.29 is 9.13 Å². The van der Waals surface area contributed by atoms with Gasteiger partial charge in [-0.1, -0.05) is 25.1 Å². The Morgan fingerprint density at radius 1 is 1.26 bits per heavy atom. The lowest BCUT2D eigenvalue weighted by atomic mass is 9.86. The molecule has 1 aromatic carbocycles. The van der Waals surface area contributed by atoms with Crippen molar-refractivity contribution in [1.29, 1.82) is 0 Å². The SMILES string of the molecule is COCC(C)C(CNC(C)(C)C)c1ccccc1F. The topological polar surface area (TPSA) is 21.3 Å². The van der Waals surface area contributed by atoms with Crippen LogP contribution in [0.15, 0.2) is 24.3 Å². The van der Waals surface area contributed by atoms with Crippen LogP contribution in [0.5, 0.6) is 0 Å². The Bertz CT molecular complexity index is 387. The molecule has 1 rings (SSSR count). The lowest BCUT2D eigenvalue weighted by Crippen LogP contribution is -2.40. The Balaban J connectivity index is 2.89. The lowest BCUT2D eigenvalue weighted by molar-refractivity contribution is 0.143. The molecule has 0 heterocycles. The summed E-state index contributed by atoms with van der Waals surface area (Å²) in [6.07, 6.45) is 0. The Kier molecular flexibility index (Phi) is 5.95. The van der Waals surface area contributed by atoms with Gasteiger partial charge in [0.15, 0.2) is 0 Å². The summed E-state index contributed by atoms with van der Waals surface area (Å²) in [4.78, 5) is 0. The fourth-order valence-electron chi connectivity index (χ4n) is 2.19. The quantitative estimate of drug-likeness (QED) is 0.850. The molecule has 19 heavy (non-hydrogen) atoms. The zero-order valence-electron chi connectivity index (χ0n) is 12.7. The maximum absolute atomic E-state index is 14.0. The van der Waals surface area contributed by atoms with Crippen molar-refractivity contribution in [3.05, 3.63) is 35.6 Å². The second-order valence-corrected chi connectivity index (χ2v) is 6.19. The summed E-state index contributed by atoms with van der Waals surface area (Å²) in [5.41, 5.74) is 0.792. The van der Waals surface area contributed by atoms with Crippen LogP contribution < -0.4 is 5.32 Å². The first-order valence-corrected chi connectivity index (χ1v) is 6.83. The number of methoxy groups -OCH3 is 1. The van der Waals surface area contributed by atoms with Gasteiger partial charge in [0, 0.05) is 31.7 Å². The molecule has 0 amide bonds. The molecule has 0 aliphatic heterocycles.